The highest BCUT2D eigenvalue weighted by molar-refractivity contribution is 5.91. The van der Waals surface area contributed by atoms with Gasteiger partial charge in [-0.25, -0.2) is 4.79 Å². The lowest BCUT2D eigenvalue weighted by Crippen LogP contribution is -2.43. The first-order valence-electron chi connectivity index (χ1n) is 11.1. The second-order valence-electron chi connectivity index (χ2n) is 8.10. The highest BCUT2D eigenvalue weighted by Crippen LogP contribution is 2.31. The second kappa shape index (κ2) is 10.7. The predicted octanol–water partition coefficient (Wildman–Crippen LogP) is 4.60. The number of nitrogens with zero attached hydrogens (tertiary/aromatic N) is 1. The third-order valence-electron chi connectivity index (χ3n) is 5.88. The summed E-state index contributed by atoms with van der Waals surface area (Å²) in [4.78, 5) is 27.2. The summed E-state index contributed by atoms with van der Waals surface area (Å²) < 4.78 is 5.93. The third-order valence-corrected chi connectivity index (χ3v) is 5.88. The smallest absolute Gasteiger partial charge is 0.326 e. The summed E-state index contributed by atoms with van der Waals surface area (Å²) in [7, 11) is 0. The first kappa shape index (κ1) is 22.5. The van der Waals surface area contributed by atoms with E-state index < -0.39 is 17.9 Å². The second-order valence-corrected chi connectivity index (χ2v) is 8.10. The molecule has 0 radical (unpaired) electrons. The fourth-order valence-electron chi connectivity index (χ4n) is 4.27. The average molecular weight is 442 g/mol. The third kappa shape index (κ3) is 5.57. The number of carboxylic acids is 1. The molecule has 1 heterocycles. The Kier molecular flexibility index (Phi) is 7.33. The van der Waals surface area contributed by atoms with Crippen LogP contribution in [-0.4, -0.2) is 47.2 Å². The van der Waals surface area contributed by atoms with Crippen molar-refractivity contribution in [2.75, 3.05) is 13.2 Å². The van der Waals surface area contributed by atoms with Crippen LogP contribution in [0.4, 0.5) is 0 Å². The summed E-state index contributed by atoms with van der Waals surface area (Å²) in [5, 5.41) is 9.83. The average Bonchev–Trinajstić information content (AvgIpc) is 3.29. The highest BCUT2D eigenvalue weighted by Gasteiger charge is 2.42. The molecule has 0 aliphatic carbocycles. The van der Waals surface area contributed by atoms with Gasteiger partial charge in [0, 0.05) is 13.0 Å². The van der Waals surface area contributed by atoms with Crippen LogP contribution in [0.5, 0.6) is 0 Å². The van der Waals surface area contributed by atoms with Crippen molar-refractivity contribution in [3.63, 3.8) is 0 Å². The van der Waals surface area contributed by atoms with Crippen LogP contribution in [0.15, 0.2) is 97.1 Å². The number of amides is 1. The van der Waals surface area contributed by atoms with Crippen LogP contribution < -0.4 is 0 Å². The van der Waals surface area contributed by atoms with Crippen LogP contribution in [0.25, 0.3) is 6.08 Å². The molecule has 5 heteroatoms. The van der Waals surface area contributed by atoms with E-state index in [1.165, 1.54) is 4.90 Å². The zero-order valence-corrected chi connectivity index (χ0v) is 18.3. The summed E-state index contributed by atoms with van der Waals surface area (Å²) >= 11 is 0. The molecule has 1 aliphatic heterocycles. The monoisotopic (exact) mass is 441 g/mol. The van der Waals surface area contributed by atoms with Gasteiger partial charge in [0.05, 0.1) is 18.6 Å². The number of benzene rings is 3. The zero-order valence-electron chi connectivity index (χ0n) is 18.3. The van der Waals surface area contributed by atoms with Gasteiger partial charge in [-0.05, 0) is 16.7 Å². The molecule has 0 unspecified atom stereocenters. The molecule has 2 atom stereocenters. The Bertz CT molecular complexity index is 1040. The van der Waals surface area contributed by atoms with Gasteiger partial charge < -0.3 is 14.7 Å². The lowest BCUT2D eigenvalue weighted by molar-refractivity contribution is -0.148. The molecule has 168 valence electrons. The Balaban J connectivity index is 1.50. The zero-order chi connectivity index (χ0) is 23.0. The van der Waals surface area contributed by atoms with Gasteiger partial charge in [0.1, 0.15) is 6.04 Å². The quantitative estimate of drug-likeness (QED) is 0.555. The number of aliphatic carboxylic acids is 1. The van der Waals surface area contributed by atoms with E-state index in [-0.39, 0.29) is 25.0 Å². The van der Waals surface area contributed by atoms with Crippen LogP contribution in [-0.2, 0) is 14.3 Å². The number of ether oxygens (including phenoxy) is 1. The van der Waals surface area contributed by atoms with Crippen molar-refractivity contribution < 1.29 is 19.4 Å². The molecule has 0 spiro atoms. The van der Waals surface area contributed by atoms with Crippen molar-refractivity contribution in [1.29, 1.82) is 0 Å². The molecule has 3 aromatic carbocycles. The molecule has 5 nitrogen and oxygen atoms in total. The molecule has 0 aromatic heterocycles. The first-order valence-corrected chi connectivity index (χ1v) is 11.1. The van der Waals surface area contributed by atoms with E-state index in [4.69, 9.17) is 4.74 Å². The predicted molar refractivity (Wildman–Crippen MR) is 128 cm³/mol. The summed E-state index contributed by atoms with van der Waals surface area (Å²) in [5.41, 5.74) is 2.75. The van der Waals surface area contributed by atoms with E-state index in [1.807, 2.05) is 103 Å². The summed E-state index contributed by atoms with van der Waals surface area (Å²) in [6.45, 7) is 0.611. The lowest BCUT2D eigenvalue weighted by Gasteiger charge is -2.27. The molecular formula is C28H27NO4. The topological polar surface area (TPSA) is 66.8 Å². The van der Waals surface area contributed by atoms with Crippen molar-refractivity contribution in [1.82, 2.24) is 4.90 Å². The standard InChI is InChI=1S/C28H27NO4/c30-27(26(22-14-6-2-7-15-22)23-16-8-3-9-17-23)29-20-24(19-25(29)28(31)32)33-18-10-13-21-11-4-1-5-12-21/h1-17,24-26H,18-20H2,(H,31,32)/b13-10+/t24-,25-/m0/s1. The van der Waals surface area contributed by atoms with Crippen LogP contribution >= 0.6 is 0 Å². The minimum absolute atomic E-state index is 0.217. The Morgan fingerprint density at radius 1 is 0.909 bits per heavy atom. The van der Waals surface area contributed by atoms with Crippen LogP contribution in [0.3, 0.4) is 0 Å². The largest absolute Gasteiger partial charge is 0.480 e. The maximum Gasteiger partial charge on any atom is 0.326 e. The fourth-order valence-corrected chi connectivity index (χ4v) is 4.27. The van der Waals surface area contributed by atoms with Crippen LogP contribution in [0, 0.1) is 0 Å². The lowest BCUT2D eigenvalue weighted by atomic mass is 9.90. The van der Waals surface area contributed by atoms with Crippen molar-refractivity contribution in [2.24, 2.45) is 0 Å². The van der Waals surface area contributed by atoms with Gasteiger partial charge in [-0.2, -0.15) is 0 Å². The van der Waals surface area contributed by atoms with Gasteiger partial charge in [0.2, 0.25) is 5.91 Å². The highest BCUT2D eigenvalue weighted by atomic mass is 16.5. The van der Waals surface area contributed by atoms with E-state index in [1.54, 1.807) is 0 Å². The number of carbonyl (C=O) groups is 2. The maximum atomic E-state index is 13.7. The van der Waals surface area contributed by atoms with E-state index in [0.29, 0.717) is 6.61 Å². The van der Waals surface area contributed by atoms with E-state index in [2.05, 4.69) is 0 Å². The van der Waals surface area contributed by atoms with Crippen molar-refractivity contribution in [2.45, 2.75) is 24.5 Å². The first-order chi connectivity index (χ1) is 16.1. The Morgan fingerprint density at radius 2 is 1.45 bits per heavy atom. The molecule has 1 fully saturated rings. The Morgan fingerprint density at radius 3 is 2.00 bits per heavy atom. The molecule has 1 N–H and O–H groups in total. The molecule has 0 bridgehead atoms. The Hall–Kier alpha value is -3.70. The number of carbonyl (C=O) groups excluding carboxylic acids is 1. The summed E-state index contributed by atoms with van der Waals surface area (Å²) in [6.07, 6.45) is 3.82. The number of hydrogen-bond donors (Lipinski definition) is 1. The normalized spacial score (nSPS) is 18.2. The van der Waals surface area contributed by atoms with Gasteiger partial charge >= 0.3 is 5.97 Å². The van der Waals surface area contributed by atoms with E-state index in [0.717, 1.165) is 16.7 Å². The van der Waals surface area contributed by atoms with E-state index in [9.17, 15) is 14.7 Å². The summed E-state index contributed by atoms with van der Waals surface area (Å²) in [5.74, 6) is -1.79. The SMILES string of the molecule is O=C(O)[C@@H]1C[C@H](OC/C=C/c2ccccc2)CN1C(=O)C(c1ccccc1)c1ccccc1. The van der Waals surface area contributed by atoms with Gasteiger partial charge in [0.25, 0.3) is 0 Å². The van der Waals surface area contributed by atoms with Crippen molar-refractivity contribution in [3.8, 4) is 0 Å². The Labute approximate surface area is 193 Å². The molecule has 1 aliphatic rings. The minimum Gasteiger partial charge on any atom is -0.480 e. The fraction of sp³-hybridized carbons (Fsp3) is 0.214. The van der Waals surface area contributed by atoms with Crippen LogP contribution in [0.2, 0.25) is 0 Å². The van der Waals surface area contributed by atoms with Gasteiger partial charge in [0.15, 0.2) is 0 Å². The van der Waals surface area contributed by atoms with Gasteiger partial charge in [-0.3, -0.25) is 4.79 Å². The molecule has 1 amide bonds. The number of rotatable bonds is 8. The summed E-state index contributed by atoms with van der Waals surface area (Å²) in [6, 6.07) is 28.0. The molecule has 1 saturated heterocycles. The number of carboxylic acid groups (broad SMARTS) is 1. The van der Waals surface area contributed by atoms with Gasteiger partial charge in [-0.15, -0.1) is 0 Å². The van der Waals surface area contributed by atoms with E-state index >= 15 is 0 Å². The van der Waals surface area contributed by atoms with Crippen molar-refractivity contribution in [3.05, 3.63) is 114 Å². The van der Waals surface area contributed by atoms with Gasteiger partial charge in [-0.1, -0.05) is 103 Å². The van der Waals surface area contributed by atoms with Crippen LogP contribution in [0.1, 0.15) is 29.0 Å². The van der Waals surface area contributed by atoms with Crippen molar-refractivity contribution >= 4 is 18.0 Å². The molecule has 33 heavy (non-hydrogen) atoms. The number of hydrogen-bond acceptors (Lipinski definition) is 3. The number of likely N-dealkylation sites (tertiary alicyclic amines) is 1. The molecule has 4 rings (SSSR count). The molecular weight excluding hydrogens is 414 g/mol. The molecule has 0 saturated carbocycles. The maximum absolute atomic E-state index is 13.7. The molecule has 3 aromatic rings. The minimum atomic E-state index is -1.01.